The topological polar surface area (TPSA) is 59.0 Å². The molecule has 0 fully saturated rings. The first-order valence-electron chi connectivity index (χ1n) is 4.70. The molecule has 3 nitrogen and oxygen atoms in total. The van der Waals surface area contributed by atoms with Gasteiger partial charge in [-0.25, -0.2) is 0 Å². The molecule has 1 aromatic carbocycles. The maximum atomic E-state index is 8.68. The maximum Gasteiger partial charge on any atom is 0.143 e. The van der Waals surface area contributed by atoms with Crippen molar-refractivity contribution in [3.05, 3.63) is 23.8 Å². The highest BCUT2D eigenvalue weighted by Gasteiger charge is 2.01. The quantitative estimate of drug-likeness (QED) is 0.585. The summed E-state index contributed by atoms with van der Waals surface area (Å²) >= 11 is 0. The molecule has 3 heteroatoms. The highest BCUT2D eigenvalue weighted by Crippen LogP contribution is 2.22. The zero-order chi connectivity index (χ0) is 10.4. The van der Waals surface area contributed by atoms with Crippen molar-refractivity contribution < 1.29 is 4.74 Å². The fraction of sp³-hybridized carbons (Fsp3) is 0.364. The molecule has 0 spiro atoms. The van der Waals surface area contributed by atoms with E-state index in [2.05, 4.69) is 6.92 Å². The molecule has 0 heterocycles. The van der Waals surface area contributed by atoms with Gasteiger partial charge in [0, 0.05) is 6.07 Å². The van der Waals surface area contributed by atoms with Gasteiger partial charge in [0.25, 0.3) is 0 Å². The Balaban J connectivity index is 2.70. The van der Waals surface area contributed by atoms with E-state index >= 15 is 0 Å². The molecule has 0 atom stereocenters. The Morgan fingerprint density at radius 3 is 2.93 bits per heavy atom. The molecule has 0 saturated carbocycles. The fourth-order valence-electron chi connectivity index (χ4n) is 1.06. The number of ether oxygens (including phenoxy) is 1. The number of nitrogens with two attached hydrogens (primary N) is 1. The van der Waals surface area contributed by atoms with E-state index in [0.29, 0.717) is 23.6 Å². The number of hydrogen-bond acceptors (Lipinski definition) is 3. The lowest BCUT2D eigenvalue weighted by Crippen LogP contribution is -2.00. The summed E-state index contributed by atoms with van der Waals surface area (Å²) in [7, 11) is 0. The van der Waals surface area contributed by atoms with Crippen LogP contribution < -0.4 is 10.5 Å². The summed E-state index contributed by atoms with van der Waals surface area (Å²) in [6.07, 6.45) is 2.08. The Bertz CT molecular complexity index is 342. The first kappa shape index (κ1) is 10.4. The molecular formula is C11H14N2O. The Labute approximate surface area is 84.1 Å². The first-order valence-corrected chi connectivity index (χ1v) is 4.70. The monoisotopic (exact) mass is 190 g/mol. The molecule has 14 heavy (non-hydrogen) atoms. The molecule has 0 aliphatic carbocycles. The van der Waals surface area contributed by atoms with Crippen LogP contribution in [0.4, 0.5) is 5.69 Å². The second-order valence-electron chi connectivity index (χ2n) is 3.07. The molecule has 0 bridgehead atoms. The number of nitriles is 1. The van der Waals surface area contributed by atoms with Crippen LogP contribution in [0, 0.1) is 11.3 Å². The minimum absolute atomic E-state index is 0.575. The van der Waals surface area contributed by atoms with E-state index < -0.39 is 0 Å². The van der Waals surface area contributed by atoms with E-state index in [1.165, 1.54) is 0 Å². The zero-order valence-corrected chi connectivity index (χ0v) is 8.29. The fourth-order valence-corrected chi connectivity index (χ4v) is 1.06. The smallest absolute Gasteiger partial charge is 0.143 e. The third-order valence-corrected chi connectivity index (χ3v) is 1.90. The van der Waals surface area contributed by atoms with Gasteiger partial charge in [0.15, 0.2) is 0 Å². The van der Waals surface area contributed by atoms with Crippen LogP contribution in [0.3, 0.4) is 0 Å². The summed E-state index contributed by atoms with van der Waals surface area (Å²) < 4.78 is 5.44. The van der Waals surface area contributed by atoms with Crippen LogP contribution in [-0.2, 0) is 0 Å². The molecule has 0 aromatic heterocycles. The molecule has 1 rings (SSSR count). The predicted molar refractivity (Wildman–Crippen MR) is 56.0 cm³/mol. The summed E-state index contributed by atoms with van der Waals surface area (Å²) in [4.78, 5) is 0. The summed E-state index contributed by atoms with van der Waals surface area (Å²) in [5, 5.41) is 8.68. The number of hydrogen-bond donors (Lipinski definition) is 1. The molecule has 0 amide bonds. The highest BCUT2D eigenvalue weighted by molar-refractivity contribution is 5.55. The first-order chi connectivity index (χ1) is 6.77. The normalized spacial score (nSPS) is 9.43. The van der Waals surface area contributed by atoms with Crippen molar-refractivity contribution in [2.24, 2.45) is 0 Å². The SMILES string of the molecule is CCCCOc1cc(C#N)ccc1N. The van der Waals surface area contributed by atoms with E-state index in [4.69, 9.17) is 15.7 Å². The molecule has 0 aliphatic heterocycles. The van der Waals surface area contributed by atoms with Crippen molar-refractivity contribution in [2.45, 2.75) is 19.8 Å². The van der Waals surface area contributed by atoms with Gasteiger partial charge < -0.3 is 10.5 Å². The Kier molecular flexibility index (Phi) is 3.81. The lowest BCUT2D eigenvalue weighted by Gasteiger charge is -2.07. The van der Waals surface area contributed by atoms with E-state index in [0.717, 1.165) is 12.8 Å². The van der Waals surface area contributed by atoms with E-state index in [9.17, 15) is 0 Å². The minimum atomic E-state index is 0.575. The number of rotatable bonds is 4. The second kappa shape index (κ2) is 5.13. The average Bonchev–Trinajstić information content (AvgIpc) is 2.21. The summed E-state index contributed by atoms with van der Waals surface area (Å²) in [5.74, 6) is 0.609. The van der Waals surface area contributed by atoms with Crippen molar-refractivity contribution in [2.75, 3.05) is 12.3 Å². The Hall–Kier alpha value is -1.69. The lowest BCUT2D eigenvalue weighted by molar-refractivity contribution is 0.311. The standard InChI is InChI=1S/C11H14N2O/c1-2-3-6-14-11-7-9(8-12)4-5-10(11)13/h4-5,7H,2-3,6,13H2,1H3. The van der Waals surface area contributed by atoms with Crippen molar-refractivity contribution in [3.63, 3.8) is 0 Å². The third-order valence-electron chi connectivity index (χ3n) is 1.90. The van der Waals surface area contributed by atoms with Gasteiger partial charge in [-0.05, 0) is 18.6 Å². The Morgan fingerprint density at radius 1 is 1.50 bits per heavy atom. The van der Waals surface area contributed by atoms with Crippen molar-refractivity contribution >= 4 is 5.69 Å². The van der Waals surface area contributed by atoms with Gasteiger partial charge in [0.2, 0.25) is 0 Å². The molecule has 74 valence electrons. The number of anilines is 1. The van der Waals surface area contributed by atoms with Gasteiger partial charge in [0.1, 0.15) is 5.75 Å². The molecule has 2 N–H and O–H groups in total. The van der Waals surface area contributed by atoms with E-state index in [-0.39, 0.29) is 0 Å². The molecule has 0 saturated heterocycles. The number of nitrogens with zero attached hydrogens (tertiary/aromatic N) is 1. The van der Waals surface area contributed by atoms with Gasteiger partial charge in [-0.3, -0.25) is 0 Å². The maximum absolute atomic E-state index is 8.68. The van der Waals surface area contributed by atoms with Crippen LogP contribution in [0.25, 0.3) is 0 Å². The van der Waals surface area contributed by atoms with Gasteiger partial charge in [-0.2, -0.15) is 5.26 Å². The third kappa shape index (κ3) is 2.67. The molecule has 1 aromatic rings. The van der Waals surface area contributed by atoms with Gasteiger partial charge in [-0.1, -0.05) is 13.3 Å². The van der Waals surface area contributed by atoms with Crippen LogP contribution in [0.15, 0.2) is 18.2 Å². The summed E-state index contributed by atoms with van der Waals surface area (Å²) in [6, 6.07) is 7.10. The Morgan fingerprint density at radius 2 is 2.29 bits per heavy atom. The molecule has 0 radical (unpaired) electrons. The second-order valence-corrected chi connectivity index (χ2v) is 3.07. The van der Waals surface area contributed by atoms with E-state index in [1.54, 1.807) is 18.2 Å². The minimum Gasteiger partial charge on any atom is -0.491 e. The largest absolute Gasteiger partial charge is 0.491 e. The molecular weight excluding hydrogens is 176 g/mol. The molecule has 0 unspecified atom stereocenters. The summed E-state index contributed by atoms with van der Waals surface area (Å²) in [6.45, 7) is 2.74. The molecule has 0 aliphatic rings. The summed E-state index contributed by atoms with van der Waals surface area (Å²) in [5.41, 5.74) is 6.85. The average molecular weight is 190 g/mol. The number of nitrogen functional groups attached to an aromatic ring is 1. The van der Waals surface area contributed by atoms with Crippen molar-refractivity contribution in [3.8, 4) is 11.8 Å². The van der Waals surface area contributed by atoms with Crippen LogP contribution in [-0.4, -0.2) is 6.61 Å². The zero-order valence-electron chi connectivity index (χ0n) is 8.29. The van der Waals surface area contributed by atoms with Crippen LogP contribution in [0.2, 0.25) is 0 Å². The highest BCUT2D eigenvalue weighted by atomic mass is 16.5. The van der Waals surface area contributed by atoms with Crippen LogP contribution in [0.1, 0.15) is 25.3 Å². The van der Waals surface area contributed by atoms with Crippen LogP contribution in [0.5, 0.6) is 5.75 Å². The van der Waals surface area contributed by atoms with Crippen molar-refractivity contribution in [1.82, 2.24) is 0 Å². The van der Waals surface area contributed by atoms with Gasteiger partial charge in [0.05, 0.1) is 23.9 Å². The van der Waals surface area contributed by atoms with Crippen LogP contribution >= 0.6 is 0 Å². The lowest BCUT2D eigenvalue weighted by atomic mass is 10.2. The predicted octanol–water partition coefficient (Wildman–Crippen LogP) is 2.32. The number of unbranched alkanes of at least 4 members (excludes halogenated alkanes) is 1. The van der Waals surface area contributed by atoms with Gasteiger partial charge >= 0.3 is 0 Å². The number of benzene rings is 1. The van der Waals surface area contributed by atoms with E-state index in [1.807, 2.05) is 6.07 Å². The van der Waals surface area contributed by atoms with Gasteiger partial charge in [-0.15, -0.1) is 0 Å². The van der Waals surface area contributed by atoms with Crippen molar-refractivity contribution in [1.29, 1.82) is 5.26 Å².